The molecule has 0 aliphatic carbocycles. The van der Waals surface area contributed by atoms with Gasteiger partial charge in [0, 0.05) is 60.6 Å². The standard InChI is InChI=1S/C19H23BrF3N3O2/c1-11-15(19(27)28)8-14-7-13(20)9-26(14)17(11)12(2)25-5-3-24(4-6-25)10-16(21)18(22)23/h7-9,12,16,18H,3-6,10H2,1-2H3,(H,27,28). The van der Waals surface area contributed by atoms with Gasteiger partial charge in [-0.05, 0) is 47.5 Å². The van der Waals surface area contributed by atoms with Crippen LogP contribution in [0.1, 0.15) is 34.6 Å². The molecule has 0 spiro atoms. The Morgan fingerprint density at radius 1 is 1.21 bits per heavy atom. The van der Waals surface area contributed by atoms with E-state index in [2.05, 4.69) is 20.8 Å². The Labute approximate surface area is 169 Å². The first-order valence-corrected chi connectivity index (χ1v) is 9.91. The molecule has 2 atom stereocenters. The van der Waals surface area contributed by atoms with E-state index in [-0.39, 0.29) is 18.2 Å². The van der Waals surface area contributed by atoms with Crippen LogP contribution in [-0.4, -0.2) is 70.6 Å². The van der Waals surface area contributed by atoms with Crippen LogP contribution in [-0.2, 0) is 0 Å². The molecule has 1 saturated heterocycles. The molecular formula is C19H23BrF3N3O2. The predicted octanol–water partition coefficient (Wildman–Crippen LogP) is 3.99. The van der Waals surface area contributed by atoms with E-state index in [9.17, 15) is 23.1 Å². The minimum Gasteiger partial charge on any atom is -0.478 e. The summed E-state index contributed by atoms with van der Waals surface area (Å²) in [6.07, 6.45) is -3.18. The molecule has 3 heterocycles. The number of pyridine rings is 1. The number of rotatable bonds is 6. The zero-order chi connectivity index (χ0) is 20.6. The molecule has 2 aromatic rings. The molecule has 1 aliphatic heterocycles. The van der Waals surface area contributed by atoms with E-state index in [1.54, 1.807) is 17.9 Å². The van der Waals surface area contributed by atoms with Crippen molar-refractivity contribution in [3.05, 3.63) is 39.6 Å². The van der Waals surface area contributed by atoms with Crippen LogP contribution in [0.25, 0.3) is 5.52 Å². The van der Waals surface area contributed by atoms with Crippen LogP contribution in [0, 0.1) is 6.92 Å². The number of carboxylic acid groups (broad SMARTS) is 1. The van der Waals surface area contributed by atoms with Gasteiger partial charge in [0.15, 0.2) is 6.17 Å². The third-order valence-electron chi connectivity index (χ3n) is 5.44. The predicted molar refractivity (Wildman–Crippen MR) is 104 cm³/mol. The van der Waals surface area contributed by atoms with E-state index in [1.165, 1.54) is 0 Å². The molecule has 0 saturated carbocycles. The number of alkyl halides is 3. The summed E-state index contributed by atoms with van der Waals surface area (Å²) in [6.45, 7) is 5.72. The number of hydrogen-bond donors (Lipinski definition) is 1. The molecule has 154 valence electrons. The van der Waals surface area contributed by atoms with Crippen LogP contribution in [0.5, 0.6) is 0 Å². The molecule has 2 aromatic heterocycles. The first-order chi connectivity index (χ1) is 13.2. The number of hydrogen-bond acceptors (Lipinski definition) is 3. The number of fused-ring (bicyclic) bond motifs is 1. The van der Waals surface area contributed by atoms with Crippen molar-refractivity contribution in [3.8, 4) is 0 Å². The maximum absolute atomic E-state index is 13.3. The van der Waals surface area contributed by atoms with Crippen molar-refractivity contribution in [1.29, 1.82) is 0 Å². The summed E-state index contributed by atoms with van der Waals surface area (Å²) >= 11 is 3.45. The van der Waals surface area contributed by atoms with E-state index < -0.39 is 18.6 Å². The number of carbonyl (C=O) groups is 1. The Hall–Kier alpha value is -1.58. The zero-order valence-electron chi connectivity index (χ0n) is 15.7. The Bertz CT molecular complexity index is 866. The van der Waals surface area contributed by atoms with Crippen molar-refractivity contribution in [3.63, 3.8) is 0 Å². The highest BCUT2D eigenvalue weighted by Crippen LogP contribution is 2.30. The largest absolute Gasteiger partial charge is 0.478 e. The Morgan fingerprint density at radius 3 is 2.43 bits per heavy atom. The van der Waals surface area contributed by atoms with Crippen LogP contribution < -0.4 is 0 Å². The molecule has 1 fully saturated rings. The summed E-state index contributed by atoms with van der Waals surface area (Å²) in [4.78, 5) is 15.6. The van der Waals surface area contributed by atoms with Gasteiger partial charge in [-0.2, -0.15) is 0 Å². The fourth-order valence-corrected chi connectivity index (χ4v) is 4.35. The van der Waals surface area contributed by atoms with Crippen molar-refractivity contribution >= 4 is 27.4 Å². The Kier molecular flexibility index (Phi) is 6.36. The highest BCUT2D eigenvalue weighted by molar-refractivity contribution is 9.10. The molecule has 9 heteroatoms. The van der Waals surface area contributed by atoms with E-state index in [0.29, 0.717) is 31.7 Å². The van der Waals surface area contributed by atoms with Gasteiger partial charge in [-0.3, -0.25) is 9.80 Å². The summed E-state index contributed by atoms with van der Waals surface area (Å²) in [5.74, 6) is -0.975. The monoisotopic (exact) mass is 461 g/mol. The fourth-order valence-electron chi connectivity index (χ4n) is 3.91. The van der Waals surface area contributed by atoms with Gasteiger partial charge in [0.1, 0.15) is 0 Å². The minimum absolute atomic E-state index is 0.0838. The van der Waals surface area contributed by atoms with Crippen LogP contribution in [0.4, 0.5) is 13.2 Å². The first-order valence-electron chi connectivity index (χ1n) is 9.12. The average Bonchev–Trinajstić information content (AvgIpc) is 3.00. The smallest absolute Gasteiger partial charge is 0.336 e. The molecule has 28 heavy (non-hydrogen) atoms. The molecule has 0 aromatic carbocycles. The third kappa shape index (κ3) is 4.21. The van der Waals surface area contributed by atoms with Crippen molar-refractivity contribution in [2.45, 2.75) is 32.5 Å². The summed E-state index contributed by atoms with van der Waals surface area (Å²) < 4.78 is 41.0. The minimum atomic E-state index is -2.96. The average molecular weight is 462 g/mol. The molecule has 5 nitrogen and oxygen atoms in total. The topological polar surface area (TPSA) is 48.2 Å². The summed E-state index contributed by atoms with van der Waals surface area (Å²) in [5, 5.41) is 9.57. The van der Waals surface area contributed by atoms with Crippen molar-refractivity contribution < 1.29 is 23.1 Å². The van der Waals surface area contributed by atoms with Gasteiger partial charge in [0.25, 0.3) is 6.43 Å². The Balaban J connectivity index is 1.83. The van der Waals surface area contributed by atoms with Crippen LogP contribution in [0.2, 0.25) is 0 Å². The van der Waals surface area contributed by atoms with E-state index in [1.807, 2.05) is 23.6 Å². The van der Waals surface area contributed by atoms with Gasteiger partial charge in [0.2, 0.25) is 0 Å². The number of piperazine rings is 1. The lowest BCUT2D eigenvalue weighted by atomic mass is 10.0. The van der Waals surface area contributed by atoms with Crippen LogP contribution in [0.15, 0.2) is 22.8 Å². The van der Waals surface area contributed by atoms with Gasteiger partial charge in [0.05, 0.1) is 5.56 Å². The third-order valence-corrected chi connectivity index (χ3v) is 5.88. The van der Waals surface area contributed by atoms with Crippen molar-refractivity contribution in [1.82, 2.24) is 14.2 Å². The normalized spacial score (nSPS) is 18.7. The molecule has 0 bridgehead atoms. The number of carboxylic acids is 1. The molecule has 3 rings (SSSR count). The highest BCUT2D eigenvalue weighted by atomic mass is 79.9. The molecule has 1 N–H and O–H groups in total. The summed E-state index contributed by atoms with van der Waals surface area (Å²) in [5.41, 5.74) is 2.62. The lowest BCUT2D eigenvalue weighted by molar-refractivity contribution is 0.0123. The summed E-state index contributed by atoms with van der Waals surface area (Å²) in [7, 11) is 0. The molecule has 2 unspecified atom stereocenters. The van der Waals surface area contributed by atoms with Gasteiger partial charge in [-0.25, -0.2) is 18.0 Å². The molecular weight excluding hydrogens is 439 g/mol. The summed E-state index contributed by atoms with van der Waals surface area (Å²) in [6, 6.07) is 3.44. The van der Waals surface area contributed by atoms with Gasteiger partial charge >= 0.3 is 5.97 Å². The van der Waals surface area contributed by atoms with Gasteiger partial charge < -0.3 is 9.51 Å². The van der Waals surface area contributed by atoms with E-state index in [0.717, 1.165) is 15.7 Å². The van der Waals surface area contributed by atoms with Crippen molar-refractivity contribution in [2.75, 3.05) is 32.7 Å². The van der Waals surface area contributed by atoms with E-state index >= 15 is 0 Å². The quantitative estimate of drug-likeness (QED) is 0.706. The number of halogens is 4. The fraction of sp³-hybridized carbons (Fsp3) is 0.526. The second-order valence-corrected chi connectivity index (χ2v) is 8.11. The maximum Gasteiger partial charge on any atom is 0.336 e. The Morgan fingerprint density at radius 2 is 1.86 bits per heavy atom. The number of aromatic nitrogens is 1. The lowest BCUT2D eigenvalue weighted by Gasteiger charge is -2.39. The number of nitrogens with zero attached hydrogens (tertiary/aromatic N) is 3. The van der Waals surface area contributed by atoms with Crippen LogP contribution >= 0.6 is 15.9 Å². The SMILES string of the molecule is Cc1c(C(=O)O)cc2cc(Br)cn2c1C(C)N1CCN(CC(F)C(F)F)CC1. The van der Waals surface area contributed by atoms with Gasteiger partial charge in [-0.15, -0.1) is 0 Å². The lowest BCUT2D eigenvalue weighted by Crippen LogP contribution is -2.49. The first kappa shape index (κ1) is 21.1. The molecule has 1 aliphatic rings. The maximum atomic E-state index is 13.3. The molecule has 0 radical (unpaired) electrons. The van der Waals surface area contributed by atoms with Gasteiger partial charge in [-0.1, -0.05) is 0 Å². The van der Waals surface area contributed by atoms with E-state index in [4.69, 9.17) is 0 Å². The highest BCUT2D eigenvalue weighted by Gasteiger charge is 2.29. The zero-order valence-corrected chi connectivity index (χ0v) is 17.3. The second-order valence-electron chi connectivity index (χ2n) is 7.19. The molecule has 0 amide bonds. The van der Waals surface area contributed by atoms with Crippen molar-refractivity contribution in [2.24, 2.45) is 0 Å². The van der Waals surface area contributed by atoms with Crippen LogP contribution in [0.3, 0.4) is 0 Å². The number of aromatic carboxylic acids is 1. The second kappa shape index (κ2) is 8.42.